The molecule has 0 aliphatic carbocycles. The number of hydrogen-bond acceptors (Lipinski definition) is 4. The Morgan fingerprint density at radius 3 is 2.19 bits per heavy atom. The van der Waals surface area contributed by atoms with Crippen LogP contribution in [0.15, 0.2) is 0 Å². The van der Waals surface area contributed by atoms with Crippen LogP contribution >= 0.6 is 0 Å². The van der Waals surface area contributed by atoms with E-state index in [1.165, 1.54) is 6.26 Å². The van der Waals surface area contributed by atoms with Crippen LogP contribution in [0.25, 0.3) is 0 Å². The summed E-state index contributed by atoms with van der Waals surface area (Å²) in [4.78, 5) is 2.31. The molecule has 0 unspecified atom stereocenters. The van der Waals surface area contributed by atoms with Crippen molar-refractivity contribution in [1.82, 2.24) is 4.90 Å². The van der Waals surface area contributed by atoms with Crippen molar-refractivity contribution in [3.05, 3.63) is 0 Å². The molecule has 16 heavy (non-hydrogen) atoms. The first-order valence-corrected chi connectivity index (χ1v) is 8.01. The third-order valence-electron chi connectivity index (χ3n) is 2.29. The molecule has 0 saturated carbocycles. The van der Waals surface area contributed by atoms with Crippen molar-refractivity contribution < 1.29 is 8.42 Å². The summed E-state index contributed by atoms with van der Waals surface area (Å²) in [6, 6.07) is 0. The maximum atomic E-state index is 11.0. The zero-order valence-corrected chi connectivity index (χ0v) is 11.6. The lowest BCUT2D eigenvalue weighted by atomic mass is 10.2. The van der Waals surface area contributed by atoms with Crippen molar-refractivity contribution in [2.24, 2.45) is 11.7 Å². The van der Waals surface area contributed by atoms with E-state index >= 15 is 0 Å². The third kappa shape index (κ3) is 10.4. The maximum Gasteiger partial charge on any atom is 0.147 e. The van der Waals surface area contributed by atoms with Gasteiger partial charge in [0, 0.05) is 12.8 Å². The standard InChI is InChI=1S/C11H26N2O2S/c1-11(2)10-13(7-4-6-12)8-5-9-16(3,14)15/h11H,4-10,12H2,1-3H3. The van der Waals surface area contributed by atoms with Crippen LogP contribution in [-0.4, -0.2) is 51.5 Å². The van der Waals surface area contributed by atoms with E-state index in [9.17, 15) is 8.42 Å². The van der Waals surface area contributed by atoms with Gasteiger partial charge >= 0.3 is 0 Å². The summed E-state index contributed by atoms with van der Waals surface area (Å²) in [6.07, 6.45) is 2.99. The molecule has 2 N–H and O–H groups in total. The van der Waals surface area contributed by atoms with Crippen molar-refractivity contribution in [3.63, 3.8) is 0 Å². The summed E-state index contributed by atoms with van der Waals surface area (Å²) >= 11 is 0. The lowest BCUT2D eigenvalue weighted by Crippen LogP contribution is -2.31. The molecule has 4 nitrogen and oxygen atoms in total. The second kappa shape index (κ2) is 8.03. The van der Waals surface area contributed by atoms with E-state index in [1.54, 1.807) is 0 Å². The quantitative estimate of drug-likeness (QED) is 0.655. The van der Waals surface area contributed by atoms with Gasteiger partial charge in [-0.05, 0) is 38.4 Å². The summed E-state index contributed by atoms with van der Waals surface area (Å²) in [5.74, 6) is 0.889. The Balaban J connectivity index is 3.91. The molecule has 0 rings (SSSR count). The Morgan fingerprint density at radius 1 is 1.19 bits per heavy atom. The molecule has 0 fully saturated rings. The first kappa shape index (κ1) is 15.9. The largest absolute Gasteiger partial charge is 0.330 e. The summed E-state index contributed by atoms with van der Waals surface area (Å²) < 4.78 is 22.0. The number of rotatable bonds is 9. The molecule has 5 heteroatoms. The van der Waals surface area contributed by atoms with Crippen LogP contribution in [0.3, 0.4) is 0 Å². The van der Waals surface area contributed by atoms with Gasteiger partial charge in [-0.25, -0.2) is 8.42 Å². The molecule has 0 aromatic heterocycles. The van der Waals surface area contributed by atoms with E-state index in [0.717, 1.165) is 32.5 Å². The van der Waals surface area contributed by atoms with Gasteiger partial charge in [0.15, 0.2) is 0 Å². The molecule has 0 amide bonds. The van der Waals surface area contributed by atoms with Crippen LogP contribution in [-0.2, 0) is 9.84 Å². The van der Waals surface area contributed by atoms with Crippen molar-refractivity contribution >= 4 is 9.84 Å². The van der Waals surface area contributed by atoms with Gasteiger partial charge in [0.05, 0.1) is 5.75 Å². The Labute approximate surface area is 100 Å². The van der Waals surface area contributed by atoms with Gasteiger partial charge in [-0.1, -0.05) is 13.8 Å². The molecule has 0 spiro atoms. The molecule has 0 aliphatic rings. The summed E-state index contributed by atoms with van der Waals surface area (Å²) in [7, 11) is -2.82. The second-order valence-electron chi connectivity index (χ2n) is 4.82. The molecule has 98 valence electrons. The van der Waals surface area contributed by atoms with Crippen LogP contribution in [0.4, 0.5) is 0 Å². The molecular formula is C11H26N2O2S. The number of sulfone groups is 1. The topological polar surface area (TPSA) is 63.4 Å². The first-order chi connectivity index (χ1) is 7.35. The lowest BCUT2D eigenvalue weighted by Gasteiger charge is -2.23. The fourth-order valence-electron chi connectivity index (χ4n) is 1.68. The molecule has 0 heterocycles. The Bertz CT molecular complexity index is 263. The predicted octanol–water partition coefficient (Wildman–Crippen LogP) is 0.728. The molecule has 0 atom stereocenters. The van der Waals surface area contributed by atoms with Crippen molar-refractivity contribution in [2.75, 3.05) is 38.2 Å². The maximum absolute atomic E-state index is 11.0. The van der Waals surface area contributed by atoms with Gasteiger partial charge in [-0.2, -0.15) is 0 Å². The van der Waals surface area contributed by atoms with Crippen LogP contribution < -0.4 is 5.73 Å². The average Bonchev–Trinajstić information content (AvgIpc) is 2.11. The van der Waals surface area contributed by atoms with Crippen LogP contribution in [0, 0.1) is 5.92 Å². The zero-order valence-electron chi connectivity index (χ0n) is 10.8. The van der Waals surface area contributed by atoms with E-state index in [1.807, 2.05) is 0 Å². The molecule has 0 bridgehead atoms. The highest BCUT2D eigenvalue weighted by Gasteiger charge is 2.08. The molecule has 0 saturated heterocycles. The van der Waals surface area contributed by atoms with Gasteiger partial charge < -0.3 is 10.6 Å². The van der Waals surface area contributed by atoms with Gasteiger partial charge in [-0.3, -0.25) is 0 Å². The SMILES string of the molecule is CC(C)CN(CCCN)CCCS(C)(=O)=O. The molecule has 0 aliphatic heterocycles. The van der Waals surface area contributed by atoms with Gasteiger partial charge in [0.25, 0.3) is 0 Å². The Morgan fingerprint density at radius 2 is 1.75 bits per heavy atom. The van der Waals surface area contributed by atoms with Crippen molar-refractivity contribution in [3.8, 4) is 0 Å². The number of nitrogens with zero attached hydrogens (tertiary/aromatic N) is 1. The molecular weight excluding hydrogens is 224 g/mol. The van der Waals surface area contributed by atoms with Gasteiger partial charge in [0.1, 0.15) is 9.84 Å². The average molecular weight is 250 g/mol. The van der Waals surface area contributed by atoms with E-state index in [4.69, 9.17) is 5.73 Å². The van der Waals surface area contributed by atoms with E-state index < -0.39 is 9.84 Å². The highest BCUT2D eigenvalue weighted by atomic mass is 32.2. The van der Waals surface area contributed by atoms with Crippen molar-refractivity contribution in [2.45, 2.75) is 26.7 Å². The third-order valence-corrected chi connectivity index (χ3v) is 3.32. The van der Waals surface area contributed by atoms with Crippen LogP contribution in [0.2, 0.25) is 0 Å². The second-order valence-corrected chi connectivity index (χ2v) is 7.08. The van der Waals surface area contributed by atoms with Crippen LogP contribution in [0.5, 0.6) is 0 Å². The monoisotopic (exact) mass is 250 g/mol. The number of hydrogen-bond donors (Lipinski definition) is 1. The van der Waals surface area contributed by atoms with Gasteiger partial charge in [0.2, 0.25) is 0 Å². The first-order valence-electron chi connectivity index (χ1n) is 5.95. The van der Waals surface area contributed by atoms with Gasteiger partial charge in [-0.15, -0.1) is 0 Å². The summed E-state index contributed by atoms with van der Waals surface area (Å²) in [5.41, 5.74) is 5.48. The smallest absolute Gasteiger partial charge is 0.147 e. The minimum atomic E-state index is -2.82. The lowest BCUT2D eigenvalue weighted by molar-refractivity contribution is 0.243. The Kier molecular flexibility index (Phi) is 7.97. The van der Waals surface area contributed by atoms with E-state index in [-0.39, 0.29) is 5.75 Å². The predicted molar refractivity (Wildman–Crippen MR) is 69.3 cm³/mol. The fourth-order valence-corrected chi connectivity index (χ4v) is 2.33. The van der Waals surface area contributed by atoms with E-state index in [2.05, 4.69) is 18.7 Å². The number of nitrogens with two attached hydrogens (primary N) is 1. The van der Waals surface area contributed by atoms with Crippen LogP contribution in [0.1, 0.15) is 26.7 Å². The zero-order chi connectivity index (χ0) is 12.6. The highest BCUT2D eigenvalue weighted by molar-refractivity contribution is 7.90. The fraction of sp³-hybridized carbons (Fsp3) is 1.00. The minimum Gasteiger partial charge on any atom is -0.330 e. The summed E-state index contributed by atoms with van der Waals surface area (Å²) in [6.45, 7) is 7.88. The van der Waals surface area contributed by atoms with E-state index in [0.29, 0.717) is 12.5 Å². The molecule has 0 radical (unpaired) electrons. The highest BCUT2D eigenvalue weighted by Crippen LogP contribution is 2.02. The minimum absolute atomic E-state index is 0.282. The molecule has 0 aromatic rings. The van der Waals surface area contributed by atoms with Crippen molar-refractivity contribution in [1.29, 1.82) is 0 Å². The molecule has 0 aromatic carbocycles. The summed E-state index contributed by atoms with van der Waals surface area (Å²) in [5, 5.41) is 0. The normalized spacial score (nSPS) is 12.6. The Hall–Kier alpha value is -0.130.